The molecule has 1 aromatic heterocycles. The highest BCUT2D eigenvalue weighted by atomic mass is 16.3. The fourth-order valence-corrected chi connectivity index (χ4v) is 2.66. The van der Waals surface area contributed by atoms with Crippen LogP contribution < -0.4 is 0 Å². The predicted octanol–water partition coefficient (Wildman–Crippen LogP) is 1.11. The van der Waals surface area contributed by atoms with Crippen molar-refractivity contribution in [3.8, 4) is 0 Å². The van der Waals surface area contributed by atoms with E-state index < -0.39 is 0 Å². The molecular formula is C14H23N3O2. The van der Waals surface area contributed by atoms with Crippen LogP contribution in [0.5, 0.6) is 0 Å². The second-order valence-corrected chi connectivity index (χ2v) is 5.45. The molecule has 0 aliphatic heterocycles. The van der Waals surface area contributed by atoms with Crippen LogP contribution in [0.2, 0.25) is 0 Å². The van der Waals surface area contributed by atoms with Crippen molar-refractivity contribution in [2.45, 2.75) is 50.7 Å². The lowest BCUT2D eigenvalue weighted by atomic mass is 9.92. The van der Waals surface area contributed by atoms with Crippen LogP contribution in [0.1, 0.15) is 37.8 Å². The number of nitrogens with zero attached hydrogens (tertiary/aromatic N) is 3. The van der Waals surface area contributed by atoms with E-state index in [1.165, 1.54) is 0 Å². The zero-order valence-electron chi connectivity index (χ0n) is 11.7. The van der Waals surface area contributed by atoms with E-state index in [0.717, 1.165) is 31.4 Å². The van der Waals surface area contributed by atoms with E-state index in [0.29, 0.717) is 18.9 Å². The van der Waals surface area contributed by atoms with Crippen molar-refractivity contribution >= 4 is 5.91 Å². The summed E-state index contributed by atoms with van der Waals surface area (Å²) in [4.78, 5) is 14.0. The van der Waals surface area contributed by atoms with Crippen molar-refractivity contribution in [2.75, 3.05) is 7.05 Å². The van der Waals surface area contributed by atoms with E-state index in [-0.39, 0.29) is 12.0 Å². The van der Waals surface area contributed by atoms with Crippen LogP contribution in [0.4, 0.5) is 0 Å². The van der Waals surface area contributed by atoms with Gasteiger partial charge in [-0.15, -0.1) is 0 Å². The molecular weight excluding hydrogens is 242 g/mol. The lowest BCUT2D eigenvalue weighted by Crippen LogP contribution is -2.40. The van der Waals surface area contributed by atoms with Crippen molar-refractivity contribution in [1.29, 1.82) is 0 Å². The minimum Gasteiger partial charge on any atom is -0.393 e. The molecule has 0 aromatic carbocycles. The third-order valence-electron chi connectivity index (χ3n) is 3.97. The standard InChI is InChI=1S/C14H23N3O2/c1-16-10-9-11(15-16)3-8-14(19)17(2)12-4-6-13(18)7-5-12/h9-10,12-13,18H,3-8H2,1-2H3. The maximum absolute atomic E-state index is 12.1. The molecule has 1 aliphatic rings. The van der Waals surface area contributed by atoms with E-state index in [9.17, 15) is 9.90 Å². The summed E-state index contributed by atoms with van der Waals surface area (Å²) in [6.45, 7) is 0. The number of hydrogen-bond donors (Lipinski definition) is 1. The molecule has 0 saturated heterocycles. The molecule has 5 heteroatoms. The zero-order valence-corrected chi connectivity index (χ0v) is 11.7. The molecule has 0 spiro atoms. The van der Waals surface area contributed by atoms with Gasteiger partial charge in [-0.2, -0.15) is 5.10 Å². The number of aryl methyl sites for hydroxylation is 2. The van der Waals surface area contributed by atoms with Crippen LogP contribution in [-0.2, 0) is 18.3 Å². The van der Waals surface area contributed by atoms with Crippen LogP contribution in [0, 0.1) is 0 Å². The Bertz CT molecular complexity index is 422. The van der Waals surface area contributed by atoms with Gasteiger partial charge in [0.15, 0.2) is 0 Å². The Morgan fingerprint density at radius 2 is 2.16 bits per heavy atom. The average Bonchev–Trinajstić information content (AvgIpc) is 2.82. The molecule has 1 aromatic rings. The van der Waals surface area contributed by atoms with Gasteiger partial charge in [-0.25, -0.2) is 0 Å². The van der Waals surface area contributed by atoms with Crippen LogP contribution in [0.3, 0.4) is 0 Å². The van der Waals surface area contributed by atoms with Crippen LogP contribution in [-0.4, -0.2) is 44.9 Å². The van der Waals surface area contributed by atoms with Gasteiger partial charge >= 0.3 is 0 Å². The van der Waals surface area contributed by atoms with Crippen molar-refractivity contribution < 1.29 is 9.90 Å². The Kier molecular flexibility index (Phi) is 4.58. The molecule has 1 aliphatic carbocycles. The maximum Gasteiger partial charge on any atom is 0.222 e. The van der Waals surface area contributed by atoms with Gasteiger partial charge in [0.05, 0.1) is 11.8 Å². The van der Waals surface area contributed by atoms with Crippen molar-refractivity contribution in [1.82, 2.24) is 14.7 Å². The SMILES string of the molecule is CN(C(=O)CCc1ccn(C)n1)C1CCC(O)CC1. The first-order valence-electron chi connectivity index (χ1n) is 6.98. The van der Waals surface area contributed by atoms with Gasteiger partial charge in [0.2, 0.25) is 5.91 Å². The molecule has 5 nitrogen and oxygen atoms in total. The van der Waals surface area contributed by atoms with Crippen LogP contribution in [0.25, 0.3) is 0 Å². The molecule has 1 fully saturated rings. The van der Waals surface area contributed by atoms with Crippen LogP contribution >= 0.6 is 0 Å². The molecule has 0 bridgehead atoms. The highest BCUT2D eigenvalue weighted by Gasteiger charge is 2.25. The third-order valence-corrected chi connectivity index (χ3v) is 3.97. The summed E-state index contributed by atoms with van der Waals surface area (Å²) >= 11 is 0. The first-order valence-corrected chi connectivity index (χ1v) is 6.98. The molecule has 1 saturated carbocycles. The molecule has 1 N–H and O–H groups in total. The number of aliphatic hydroxyl groups is 1. The quantitative estimate of drug-likeness (QED) is 0.887. The van der Waals surface area contributed by atoms with E-state index in [1.807, 2.05) is 31.3 Å². The largest absolute Gasteiger partial charge is 0.393 e. The van der Waals surface area contributed by atoms with Gasteiger partial charge in [-0.05, 0) is 31.7 Å². The third kappa shape index (κ3) is 3.80. The first kappa shape index (κ1) is 14.1. The number of rotatable bonds is 4. The van der Waals surface area contributed by atoms with Gasteiger partial charge in [-0.3, -0.25) is 9.48 Å². The number of aromatic nitrogens is 2. The minimum absolute atomic E-state index is 0.173. The predicted molar refractivity (Wildman–Crippen MR) is 72.6 cm³/mol. The molecule has 2 rings (SSSR count). The van der Waals surface area contributed by atoms with Gasteiger partial charge in [0, 0.05) is 39.2 Å². The van der Waals surface area contributed by atoms with Crippen LogP contribution in [0.15, 0.2) is 12.3 Å². The topological polar surface area (TPSA) is 58.4 Å². The Balaban J connectivity index is 1.79. The van der Waals surface area contributed by atoms with E-state index in [2.05, 4.69) is 5.10 Å². The highest BCUT2D eigenvalue weighted by Crippen LogP contribution is 2.22. The summed E-state index contributed by atoms with van der Waals surface area (Å²) in [7, 11) is 3.76. The molecule has 0 radical (unpaired) electrons. The Labute approximate surface area is 114 Å². The van der Waals surface area contributed by atoms with Gasteiger partial charge < -0.3 is 10.0 Å². The number of carbonyl (C=O) groups excluding carboxylic acids is 1. The first-order chi connectivity index (χ1) is 9.06. The molecule has 0 unspecified atom stereocenters. The summed E-state index contributed by atoms with van der Waals surface area (Å²) in [5.74, 6) is 0.173. The zero-order chi connectivity index (χ0) is 13.8. The number of aliphatic hydroxyl groups excluding tert-OH is 1. The summed E-state index contributed by atoms with van der Waals surface area (Å²) in [6.07, 6.45) is 6.36. The number of amides is 1. The Hall–Kier alpha value is -1.36. The second-order valence-electron chi connectivity index (χ2n) is 5.45. The smallest absolute Gasteiger partial charge is 0.222 e. The number of hydrogen-bond acceptors (Lipinski definition) is 3. The summed E-state index contributed by atoms with van der Waals surface area (Å²) in [5, 5.41) is 13.8. The lowest BCUT2D eigenvalue weighted by molar-refractivity contribution is -0.133. The minimum atomic E-state index is -0.173. The second kappa shape index (κ2) is 6.19. The van der Waals surface area contributed by atoms with E-state index in [4.69, 9.17) is 0 Å². The lowest BCUT2D eigenvalue weighted by Gasteiger charge is -2.33. The maximum atomic E-state index is 12.1. The summed E-state index contributed by atoms with van der Waals surface area (Å²) < 4.78 is 1.76. The Morgan fingerprint density at radius 1 is 1.47 bits per heavy atom. The van der Waals surface area contributed by atoms with Crippen molar-refractivity contribution in [2.24, 2.45) is 7.05 Å². The fourth-order valence-electron chi connectivity index (χ4n) is 2.66. The highest BCUT2D eigenvalue weighted by molar-refractivity contribution is 5.76. The molecule has 1 heterocycles. The Morgan fingerprint density at radius 3 is 2.74 bits per heavy atom. The number of carbonyl (C=O) groups is 1. The molecule has 106 valence electrons. The monoisotopic (exact) mass is 265 g/mol. The van der Waals surface area contributed by atoms with Gasteiger partial charge in [0.25, 0.3) is 0 Å². The summed E-state index contributed by atoms with van der Waals surface area (Å²) in [6, 6.07) is 2.24. The van der Waals surface area contributed by atoms with Crippen molar-refractivity contribution in [3.05, 3.63) is 18.0 Å². The average molecular weight is 265 g/mol. The summed E-state index contributed by atoms with van der Waals surface area (Å²) in [5.41, 5.74) is 0.961. The molecule has 0 atom stereocenters. The van der Waals surface area contributed by atoms with E-state index >= 15 is 0 Å². The van der Waals surface area contributed by atoms with Gasteiger partial charge in [-0.1, -0.05) is 0 Å². The van der Waals surface area contributed by atoms with E-state index in [1.54, 1.807) is 4.68 Å². The van der Waals surface area contributed by atoms with Gasteiger partial charge in [0.1, 0.15) is 0 Å². The molecule has 1 amide bonds. The molecule has 19 heavy (non-hydrogen) atoms. The van der Waals surface area contributed by atoms with Crippen molar-refractivity contribution in [3.63, 3.8) is 0 Å². The fraction of sp³-hybridized carbons (Fsp3) is 0.714. The normalized spacial score (nSPS) is 23.3.